The first-order valence-corrected chi connectivity index (χ1v) is 7.46. The Balaban J connectivity index is 2.44. The van der Waals surface area contributed by atoms with Crippen molar-refractivity contribution in [2.45, 2.75) is 39.5 Å². The molecule has 0 radical (unpaired) electrons. The van der Waals surface area contributed by atoms with Crippen LogP contribution in [0.2, 0.25) is 0 Å². The average Bonchev–Trinajstić information content (AvgIpc) is 2.73. The Hall–Kier alpha value is -1.34. The van der Waals surface area contributed by atoms with Crippen LogP contribution in [-0.4, -0.2) is 0 Å². The van der Waals surface area contributed by atoms with E-state index in [-0.39, 0.29) is 5.41 Å². The Morgan fingerprint density at radius 3 is 2.47 bits per heavy atom. The van der Waals surface area contributed by atoms with Gasteiger partial charge in [-0.05, 0) is 41.1 Å². The summed E-state index contributed by atoms with van der Waals surface area (Å²) < 4.78 is 18.8. The van der Waals surface area contributed by atoms with E-state index >= 15 is 0 Å². The average molecular weight is 270 g/mol. The van der Waals surface area contributed by atoms with Gasteiger partial charge in [0.05, 0.1) is 0 Å². The molecule has 0 aliphatic carbocycles. The number of hydrogen-bond donors (Lipinski definition) is 0. The lowest BCUT2D eigenvalue weighted by molar-refractivity contribution is 0.584. The van der Waals surface area contributed by atoms with Gasteiger partial charge in [-0.2, -0.15) is 0 Å². The predicted molar refractivity (Wildman–Crippen MR) is 87.4 cm³/mol. The fraction of sp³-hybridized carbons (Fsp3) is 0.333. The molecule has 19 heavy (non-hydrogen) atoms. The largest absolute Gasteiger partial charge is 0.135 e. The van der Waals surface area contributed by atoms with E-state index in [1.165, 1.54) is 20.2 Å². The van der Waals surface area contributed by atoms with Gasteiger partial charge in [-0.1, -0.05) is 45.9 Å². The molecule has 1 heterocycles. The number of hydrogen-bond acceptors (Lipinski definition) is 1. The SMILES string of the molecule is [2H]C([2H])(C)c1cc2sc3ccccc3c2cc1C(C)(C)C. The van der Waals surface area contributed by atoms with Crippen molar-refractivity contribution in [3.05, 3.63) is 47.5 Å². The van der Waals surface area contributed by atoms with Crippen LogP contribution in [-0.2, 0) is 11.8 Å². The van der Waals surface area contributed by atoms with Crippen LogP contribution in [0.1, 0.15) is 41.6 Å². The summed E-state index contributed by atoms with van der Waals surface area (Å²) in [5.41, 5.74) is 1.84. The fourth-order valence-electron chi connectivity index (χ4n) is 2.60. The summed E-state index contributed by atoms with van der Waals surface area (Å²) in [6.07, 6.45) is -1.33. The van der Waals surface area contributed by atoms with Gasteiger partial charge in [-0.15, -0.1) is 11.3 Å². The van der Waals surface area contributed by atoms with E-state index < -0.39 is 6.37 Å². The van der Waals surface area contributed by atoms with Crippen LogP contribution in [0.15, 0.2) is 36.4 Å². The van der Waals surface area contributed by atoms with Crippen molar-refractivity contribution in [2.24, 2.45) is 0 Å². The Labute approximate surface area is 121 Å². The van der Waals surface area contributed by atoms with Crippen molar-refractivity contribution in [2.75, 3.05) is 0 Å². The molecule has 0 unspecified atom stereocenters. The third-order valence-corrected chi connectivity index (χ3v) is 4.73. The second kappa shape index (κ2) is 4.35. The minimum absolute atomic E-state index is 0.0735. The van der Waals surface area contributed by atoms with Crippen LogP contribution >= 0.6 is 11.3 Å². The highest BCUT2D eigenvalue weighted by Crippen LogP contribution is 2.38. The monoisotopic (exact) mass is 270 g/mol. The molecule has 3 rings (SSSR count). The Kier molecular flexibility index (Phi) is 2.39. The zero-order valence-electron chi connectivity index (χ0n) is 13.9. The molecule has 0 saturated carbocycles. The molecule has 0 amide bonds. The summed E-state index contributed by atoms with van der Waals surface area (Å²) in [6, 6.07) is 12.7. The second-order valence-corrected chi connectivity index (χ2v) is 7.08. The normalized spacial score (nSPS) is 14.7. The molecule has 3 aromatic rings. The van der Waals surface area contributed by atoms with Gasteiger partial charge in [0.15, 0.2) is 0 Å². The third kappa shape index (κ3) is 2.06. The summed E-state index contributed by atoms with van der Waals surface area (Å²) in [5, 5.41) is 2.51. The van der Waals surface area contributed by atoms with Crippen molar-refractivity contribution in [1.82, 2.24) is 0 Å². The molecule has 1 aromatic heterocycles. The van der Waals surface area contributed by atoms with Gasteiger partial charge >= 0.3 is 0 Å². The molecule has 0 atom stereocenters. The van der Waals surface area contributed by atoms with Crippen molar-refractivity contribution < 1.29 is 2.74 Å². The van der Waals surface area contributed by atoms with E-state index in [1.54, 1.807) is 18.3 Å². The molecule has 0 saturated heterocycles. The lowest BCUT2D eigenvalue weighted by atomic mass is 9.82. The number of fused-ring (bicyclic) bond motifs is 3. The van der Waals surface area contributed by atoms with E-state index in [0.717, 1.165) is 11.1 Å². The molecule has 0 bridgehead atoms. The molecule has 98 valence electrons. The molecule has 0 spiro atoms. The molecule has 0 fully saturated rings. The van der Waals surface area contributed by atoms with Crippen molar-refractivity contribution >= 4 is 31.5 Å². The van der Waals surface area contributed by atoms with Crippen LogP contribution in [0.25, 0.3) is 20.2 Å². The summed E-state index contributed by atoms with van der Waals surface area (Å²) in [5.74, 6) is 0. The highest BCUT2D eigenvalue weighted by atomic mass is 32.1. The van der Waals surface area contributed by atoms with Gasteiger partial charge < -0.3 is 0 Å². The summed E-state index contributed by atoms with van der Waals surface area (Å²) in [7, 11) is 0. The van der Waals surface area contributed by atoms with Crippen LogP contribution in [0, 0.1) is 0 Å². The quantitative estimate of drug-likeness (QED) is 0.515. The number of benzene rings is 2. The maximum Gasteiger partial charge on any atom is 0.0358 e. The number of aryl methyl sites for hydroxylation is 1. The molecule has 0 aliphatic heterocycles. The first-order valence-electron chi connectivity index (χ1n) is 7.64. The molecular formula is C18H20S. The molecule has 0 N–H and O–H groups in total. The molecular weight excluding hydrogens is 248 g/mol. The third-order valence-electron chi connectivity index (χ3n) is 3.59. The lowest BCUT2D eigenvalue weighted by Crippen LogP contribution is -2.13. The van der Waals surface area contributed by atoms with Gasteiger partial charge in [-0.3, -0.25) is 0 Å². The summed E-state index contributed by atoms with van der Waals surface area (Å²) >= 11 is 1.74. The second-order valence-electron chi connectivity index (χ2n) is 5.99. The Morgan fingerprint density at radius 1 is 1.05 bits per heavy atom. The van der Waals surface area contributed by atoms with Crippen molar-refractivity contribution in [1.29, 1.82) is 0 Å². The first kappa shape index (κ1) is 10.4. The topological polar surface area (TPSA) is 0 Å². The number of thiophene rings is 1. The highest BCUT2D eigenvalue weighted by molar-refractivity contribution is 7.25. The lowest BCUT2D eigenvalue weighted by Gasteiger charge is -2.23. The molecule has 0 nitrogen and oxygen atoms in total. The molecule has 1 heteroatoms. The minimum Gasteiger partial charge on any atom is -0.135 e. The van der Waals surface area contributed by atoms with Crippen LogP contribution < -0.4 is 0 Å². The van der Waals surface area contributed by atoms with E-state index in [0.29, 0.717) is 0 Å². The molecule has 2 aromatic carbocycles. The maximum absolute atomic E-state index is 8.17. The van der Waals surface area contributed by atoms with Gasteiger partial charge in [0, 0.05) is 22.9 Å². The van der Waals surface area contributed by atoms with Gasteiger partial charge in [0.2, 0.25) is 0 Å². The Morgan fingerprint density at radius 2 is 1.79 bits per heavy atom. The van der Waals surface area contributed by atoms with Crippen molar-refractivity contribution in [3.8, 4) is 0 Å². The first-order chi connectivity index (χ1) is 9.68. The zero-order valence-corrected chi connectivity index (χ0v) is 12.7. The van der Waals surface area contributed by atoms with Crippen LogP contribution in [0.5, 0.6) is 0 Å². The highest BCUT2D eigenvalue weighted by Gasteiger charge is 2.19. The van der Waals surface area contributed by atoms with Crippen LogP contribution in [0.4, 0.5) is 0 Å². The van der Waals surface area contributed by atoms with E-state index in [4.69, 9.17) is 2.74 Å². The Bertz CT molecular complexity index is 817. The smallest absolute Gasteiger partial charge is 0.0358 e. The molecule has 0 aliphatic rings. The minimum atomic E-state index is -1.33. The maximum atomic E-state index is 8.17. The predicted octanol–water partition coefficient (Wildman–Crippen LogP) is 5.91. The van der Waals surface area contributed by atoms with E-state index in [9.17, 15) is 0 Å². The van der Waals surface area contributed by atoms with E-state index in [2.05, 4.69) is 57.2 Å². The number of rotatable bonds is 1. The van der Waals surface area contributed by atoms with Gasteiger partial charge in [-0.25, -0.2) is 0 Å². The van der Waals surface area contributed by atoms with Crippen molar-refractivity contribution in [3.63, 3.8) is 0 Å². The zero-order chi connectivity index (χ0) is 15.4. The fourth-order valence-corrected chi connectivity index (χ4v) is 3.73. The van der Waals surface area contributed by atoms with Gasteiger partial charge in [0.1, 0.15) is 0 Å². The van der Waals surface area contributed by atoms with Crippen LogP contribution in [0.3, 0.4) is 0 Å². The summed E-state index contributed by atoms with van der Waals surface area (Å²) in [6.45, 7) is 8.10. The summed E-state index contributed by atoms with van der Waals surface area (Å²) in [4.78, 5) is 0. The standard InChI is InChI=1S/C18H20S/c1-5-12-10-17-14(11-15(12)18(2,3)4)13-8-6-7-9-16(13)19-17/h6-11H,5H2,1-4H3/i5D2. The van der Waals surface area contributed by atoms with E-state index in [1.807, 2.05) is 0 Å². The van der Waals surface area contributed by atoms with Gasteiger partial charge in [0.25, 0.3) is 0 Å².